The summed E-state index contributed by atoms with van der Waals surface area (Å²) in [5.74, 6) is -1.18. The van der Waals surface area contributed by atoms with Crippen molar-refractivity contribution in [3.05, 3.63) is 22.7 Å². The van der Waals surface area contributed by atoms with E-state index in [1.807, 2.05) is 0 Å². The Bertz CT molecular complexity index is 544. The molecule has 7 nitrogen and oxygen atoms in total. The van der Waals surface area contributed by atoms with E-state index in [9.17, 15) is 13.2 Å². The summed E-state index contributed by atoms with van der Waals surface area (Å²) in [5, 5.41) is 8.33. The minimum atomic E-state index is -4.01. The van der Waals surface area contributed by atoms with Crippen molar-refractivity contribution in [1.29, 1.82) is 0 Å². The van der Waals surface area contributed by atoms with Crippen LogP contribution in [-0.2, 0) is 19.7 Å². The van der Waals surface area contributed by atoms with Gasteiger partial charge in [0, 0.05) is 4.47 Å². The second-order valence-electron chi connectivity index (χ2n) is 3.06. The summed E-state index contributed by atoms with van der Waals surface area (Å²) < 4.78 is 29.1. The first-order valence-electron chi connectivity index (χ1n) is 4.56. The molecule has 0 aromatic heterocycles. The second-order valence-corrected chi connectivity index (χ2v) is 5.59. The number of benzene rings is 1. The lowest BCUT2D eigenvalue weighted by molar-refractivity contribution is -0.143. The summed E-state index contributed by atoms with van der Waals surface area (Å²) in [4.78, 5) is 16.1. The Morgan fingerprint density at radius 3 is 2.72 bits per heavy atom. The Balaban J connectivity index is 2.97. The highest BCUT2D eigenvalue weighted by Crippen LogP contribution is 2.26. The van der Waals surface area contributed by atoms with Gasteiger partial charge in [0.2, 0.25) is 0 Å². The fourth-order valence-electron chi connectivity index (χ4n) is 1.07. The zero-order valence-corrected chi connectivity index (χ0v) is 11.6. The normalized spacial score (nSPS) is 11.2. The van der Waals surface area contributed by atoms with E-state index in [0.29, 0.717) is 4.47 Å². The molecule has 0 amide bonds. The lowest BCUT2D eigenvalue weighted by Gasteiger charge is -2.10. The van der Waals surface area contributed by atoms with Crippen molar-refractivity contribution in [2.45, 2.75) is 4.90 Å². The number of carboxylic acid groups (broad SMARTS) is 1. The average Bonchev–Trinajstić information content (AvgIpc) is 2.28. The van der Waals surface area contributed by atoms with Gasteiger partial charge in [0.15, 0.2) is 6.61 Å². The van der Waals surface area contributed by atoms with Crippen molar-refractivity contribution in [2.24, 2.45) is 0 Å². The highest BCUT2D eigenvalue weighted by molar-refractivity contribution is 9.10. The molecule has 18 heavy (non-hydrogen) atoms. The molecule has 0 bridgehead atoms. The third-order valence-electron chi connectivity index (χ3n) is 1.78. The number of ether oxygens (including phenoxy) is 1. The molecule has 0 saturated heterocycles. The summed E-state index contributed by atoms with van der Waals surface area (Å²) in [6.07, 6.45) is 0. The zero-order chi connectivity index (χ0) is 13.8. The molecule has 2 N–H and O–H groups in total. The third kappa shape index (κ3) is 3.95. The van der Waals surface area contributed by atoms with Gasteiger partial charge in [0.1, 0.15) is 10.6 Å². The van der Waals surface area contributed by atoms with E-state index in [0.717, 1.165) is 0 Å². The molecule has 100 valence electrons. The van der Waals surface area contributed by atoms with E-state index in [4.69, 9.17) is 9.84 Å². The number of carboxylic acids is 1. The molecule has 0 aliphatic heterocycles. The molecule has 1 aromatic rings. The number of nitrogens with one attached hydrogen (secondary N) is 1. The summed E-state index contributed by atoms with van der Waals surface area (Å²) in [7, 11) is -2.69. The van der Waals surface area contributed by atoms with Crippen LogP contribution in [0.2, 0.25) is 0 Å². The first-order chi connectivity index (χ1) is 8.36. The van der Waals surface area contributed by atoms with Crippen molar-refractivity contribution in [3.63, 3.8) is 0 Å². The second kappa shape index (κ2) is 6.14. The van der Waals surface area contributed by atoms with Gasteiger partial charge in [-0.2, -0.15) is 0 Å². The van der Waals surface area contributed by atoms with Crippen LogP contribution in [0.3, 0.4) is 0 Å². The summed E-state index contributed by atoms with van der Waals surface area (Å²) in [6.45, 7) is -0.782. The van der Waals surface area contributed by atoms with Gasteiger partial charge in [-0.3, -0.25) is 4.84 Å². The summed E-state index contributed by atoms with van der Waals surface area (Å²) in [5.41, 5.74) is 0. The molecule has 0 aliphatic carbocycles. The van der Waals surface area contributed by atoms with Gasteiger partial charge in [0.05, 0.1) is 7.11 Å². The van der Waals surface area contributed by atoms with Crippen molar-refractivity contribution in [3.8, 4) is 5.75 Å². The van der Waals surface area contributed by atoms with Gasteiger partial charge in [-0.1, -0.05) is 20.8 Å². The number of rotatable bonds is 6. The van der Waals surface area contributed by atoms with Crippen molar-refractivity contribution in [2.75, 3.05) is 13.7 Å². The predicted molar refractivity (Wildman–Crippen MR) is 64.6 cm³/mol. The Hall–Kier alpha value is -1.16. The van der Waals surface area contributed by atoms with Crippen LogP contribution in [0.5, 0.6) is 5.75 Å². The lowest BCUT2D eigenvalue weighted by Crippen LogP contribution is -2.27. The fraction of sp³-hybridized carbons (Fsp3) is 0.222. The van der Waals surface area contributed by atoms with Crippen LogP contribution in [0.1, 0.15) is 0 Å². The molecule has 1 aromatic carbocycles. The maximum absolute atomic E-state index is 11.8. The molecule has 0 saturated carbocycles. The zero-order valence-electron chi connectivity index (χ0n) is 9.21. The molecule has 1 rings (SSSR count). The van der Waals surface area contributed by atoms with Crippen LogP contribution in [0.25, 0.3) is 0 Å². The predicted octanol–water partition coefficient (Wildman–Crippen LogP) is 0.752. The van der Waals surface area contributed by atoms with Gasteiger partial charge in [-0.25, -0.2) is 13.2 Å². The largest absolute Gasteiger partial charge is 0.495 e. The standard InChI is InChI=1S/C9H10BrNO6S/c1-16-7-3-2-6(10)4-8(7)18(14,15)11-17-5-9(12)13/h2-4,11H,5H2,1H3,(H,12,13). The van der Waals surface area contributed by atoms with Crippen LogP contribution in [0.4, 0.5) is 0 Å². The Morgan fingerprint density at radius 2 is 2.17 bits per heavy atom. The molecule has 0 unspecified atom stereocenters. The molecule has 0 fully saturated rings. The highest BCUT2D eigenvalue weighted by atomic mass is 79.9. The van der Waals surface area contributed by atoms with Crippen LogP contribution < -0.4 is 9.62 Å². The number of aliphatic carboxylic acids is 1. The monoisotopic (exact) mass is 339 g/mol. The maximum Gasteiger partial charge on any atom is 0.331 e. The average molecular weight is 340 g/mol. The summed E-state index contributed by atoms with van der Waals surface area (Å²) >= 11 is 3.13. The maximum atomic E-state index is 11.8. The van der Waals surface area contributed by atoms with Gasteiger partial charge in [-0.15, -0.1) is 0 Å². The Labute approximate surface area is 112 Å². The van der Waals surface area contributed by atoms with Gasteiger partial charge >= 0.3 is 5.97 Å². The topological polar surface area (TPSA) is 102 Å². The Morgan fingerprint density at radius 1 is 1.50 bits per heavy atom. The minimum absolute atomic E-state index is 0.115. The van der Waals surface area contributed by atoms with Gasteiger partial charge in [-0.05, 0) is 18.2 Å². The number of halogens is 1. The first-order valence-corrected chi connectivity index (χ1v) is 6.83. The van der Waals surface area contributed by atoms with Crippen molar-refractivity contribution < 1.29 is 27.9 Å². The van der Waals surface area contributed by atoms with E-state index in [2.05, 4.69) is 20.8 Å². The quantitative estimate of drug-likeness (QED) is 0.741. The van der Waals surface area contributed by atoms with E-state index < -0.39 is 22.6 Å². The van der Waals surface area contributed by atoms with E-state index in [1.165, 1.54) is 19.2 Å². The molecular weight excluding hydrogens is 330 g/mol. The molecule has 0 radical (unpaired) electrons. The molecular formula is C9H10BrNO6S. The van der Waals surface area contributed by atoms with Crippen molar-refractivity contribution >= 4 is 31.9 Å². The van der Waals surface area contributed by atoms with Crippen LogP contribution in [-0.4, -0.2) is 33.2 Å². The smallest absolute Gasteiger partial charge is 0.331 e. The van der Waals surface area contributed by atoms with Gasteiger partial charge < -0.3 is 9.84 Å². The van der Waals surface area contributed by atoms with E-state index >= 15 is 0 Å². The van der Waals surface area contributed by atoms with E-state index in [-0.39, 0.29) is 10.6 Å². The summed E-state index contributed by atoms with van der Waals surface area (Å²) in [6, 6.07) is 4.37. The molecule has 0 atom stereocenters. The molecule has 9 heteroatoms. The third-order valence-corrected chi connectivity index (χ3v) is 3.51. The lowest BCUT2D eigenvalue weighted by atomic mass is 10.3. The Kier molecular flexibility index (Phi) is 5.08. The number of hydrogen-bond donors (Lipinski definition) is 2. The van der Waals surface area contributed by atoms with E-state index in [1.54, 1.807) is 11.0 Å². The minimum Gasteiger partial charge on any atom is -0.495 e. The fourth-order valence-corrected chi connectivity index (χ4v) is 2.59. The SMILES string of the molecule is COc1ccc(Br)cc1S(=O)(=O)NOCC(=O)O. The van der Waals surface area contributed by atoms with Crippen LogP contribution in [0, 0.1) is 0 Å². The first kappa shape index (κ1) is 14.9. The van der Waals surface area contributed by atoms with Crippen molar-refractivity contribution in [1.82, 2.24) is 4.89 Å². The number of carbonyl (C=O) groups is 1. The van der Waals surface area contributed by atoms with Gasteiger partial charge in [0.25, 0.3) is 10.0 Å². The van der Waals surface area contributed by atoms with Crippen LogP contribution >= 0.6 is 15.9 Å². The molecule has 0 heterocycles. The van der Waals surface area contributed by atoms with Crippen LogP contribution in [0.15, 0.2) is 27.6 Å². The number of hydrogen-bond acceptors (Lipinski definition) is 5. The molecule has 0 aliphatic rings. The number of methoxy groups -OCH3 is 1. The molecule has 0 spiro atoms. The number of sulfonamides is 1. The highest BCUT2D eigenvalue weighted by Gasteiger charge is 2.20.